The Kier molecular flexibility index (Phi) is 3.90. The molecule has 22 heavy (non-hydrogen) atoms. The molecule has 1 aliphatic heterocycles. The molecule has 0 saturated carbocycles. The second kappa shape index (κ2) is 6.00. The van der Waals surface area contributed by atoms with E-state index in [9.17, 15) is 4.79 Å². The van der Waals surface area contributed by atoms with Gasteiger partial charge in [0.1, 0.15) is 0 Å². The lowest BCUT2D eigenvalue weighted by atomic mass is 9.99. The van der Waals surface area contributed by atoms with Crippen molar-refractivity contribution in [3.05, 3.63) is 64.7 Å². The molecule has 2 aromatic rings. The van der Waals surface area contributed by atoms with Crippen LogP contribution >= 0.6 is 0 Å². The van der Waals surface area contributed by atoms with Gasteiger partial charge in [0.15, 0.2) is 0 Å². The molecule has 0 radical (unpaired) electrons. The van der Waals surface area contributed by atoms with Crippen LogP contribution in [0.5, 0.6) is 0 Å². The monoisotopic (exact) mass is 291 g/mol. The summed E-state index contributed by atoms with van der Waals surface area (Å²) in [6.45, 7) is 1.97. The van der Waals surface area contributed by atoms with E-state index in [0.717, 1.165) is 25.2 Å². The molecule has 110 valence electrons. The van der Waals surface area contributed by atoms with E-state index < -0.39 is 0 Å². The number of hydrogen-bond acceptors (Lipinski definition) is 3. The van der Waals surface area contributed by atoms with Crippen LogP contribution in [-0.4, -0.2) is 24.4 Å². The van der Waals surface area contributed by atoms with Crippen molar-refractivity contribution in [2.24, 2.45) is 0 Å². The van der Waals surface area contributed by atoms with E-state index in [1.807, 2.05) is 18.2 Å². The van der Waals surface area contributed by atoms with Gasteiger partial charge in [-0.3, -0.25) is 4.79 Å². The number of hydrogen-bond donors (Lipinski definition) is 1. The van der Waals surface area contributed by atoms with Crippen molar-refractivity contribution in [3.63, 3.8) is 0 Å². The standard InChI is InChI=1S/C18H17N3O/c1-21-8-7-14-5-6-17(10-16(14)12-21)20-18(22)15-4-2-3-13(9-15)11-19/h2-6,9-10H,7-8,12H2,1H3,(H,20,22). The minimum atomic E-state index is -0.193. The fourth-order valence-electron chi connectivity index (χ4n) is 2.71. The lowest BCUT2D eigenvalue weighted by Crippen LogP contribution is -2.26. The first-order valence-corrected chi connectivity index (χ1v) is 7.27. The Labute approximate surface area is 130 Å². The van der Waals surface area contributed by atoms with Crippen LogP contribution < -0.4 is 5.32 Å². The molecule has 0 aromatic heterocycles. The molecule has 4 nitrogen and oxygen atoms in total. The average Bonchev–Trinajstić information content (AvgIpc) is 2.54. The second-order valence-electron chi connectivity index (χ2n) is 5.62. The molecule has 0 bridgehead atoms. The predicted octanol–water partition coefficient (Wildman–Crippen LogP) is 2.80. The molecule has 0 aliphatic carbocycles. The number of fused-ring (bicyclic) bond motifs is 1. The molecule has 1 N–H and O–H groups in total. The van der Waals surface area contributed by atoms with Gasteiger partial charge >= 0.3 is 0 Å². The number of benzene rings is 2. The number of likely N-dealkylation sites (N-methyl/N-ethyl adjacent to an activating group) is 1. The number of rotatable bonds is 2. The normalized spacial score (nSPS) is 14.0. The Hall–Kier alpha value is -2.64. The third-order valence-corrected chi connectivity index (χ3v) is 3.92. The zero-order chi connectivity index (χ0) is 15.5. The first kappa shape index (κ1) is 14.3. The summed E-state index contributed by atoms with van der Waals surface area (Å²) in [5, 5.41) is 11.8. The molecule has 0 atom stereocenters. The number of nitrogens with one attached hydrogen (secondary N) is 1. The van der Waals surface area contributed by atoms with E-state index in [2.05, 4.69) is 23.3 Å². The van der Waals surface area contributed by atoms with E-state index in [4.69, 9.17) is 5.26 Å². The van der Waals surface area contributed by atoms with Gasteiger partial charge in [0.2, 0.25) is 0 Å². The third-order valence-electron chi connectivity index (χ3n) is 3.92. The minimum Gasteiger partial charge on any atom is -0.322 e. The van der Waals surface area contributed by atoms with Crippen molar-refractivity contribution in [2.75, 3.05) is 18.9 Å². The van der Waals surface area contributed by atoms with Gasteiger partial charge in [-0.05, 0) is 54.9 Å². The summed E-state index contributed by atoms with van der Waals surface area (Å²) in [4.78, 5) is 14.6. The van der Waals surface area contributed by atoms with E-state index in [1.54, 1.807) is 24.3 Å². The molecular formula is C18H17N3O. The summed E-state index contributed by atoms with van der Waals surface area (Å²) in [5.74, 6) is -0.193. The summed E-state index contributed by atoms with van der Waals surface area (Å²) >= 11 is 0. The van der Waals surface area contributed by atoms with Gasteiger partial charge in [0.25, 0.3) is 5.91 Å². The average molecular weight is 291 g/mol. The first-order chi connectivity index (χ1) is 10.7. The topological polar surface area (TPSA) is 56.1 Å². The number of carbonyl (C=O) groups is 1. The molecule has 0 unspecified atom stereocenters. The SMILES string of the molecule is CN1CCc2ccc(NC(=O)c3cccc(C#N)c3)cc2C1. The lowest BCUT2D eigenvalue weighted by Gasteiger charge is -2.25. The third kappa shape index (κ3) is 3.00. The molecule has 2 aromatic carbocycles. The van der Waals surface area contributed by atoms with Crippen LogP contribution in [0.2, 0.25) is 0 Å². The number of anilines is 1. The van der Waals surface area contributed by atoms with Crippen molar-refractivity contribution in [1.82, 2.24) is 4.90 Å². The van der Waals surface area contributed by atoms with Crippen LogP contribution in [0.4, 0.5) is 5.69 Å². The molecule has 1 amide bonds. The van der Waals surface area contributed by atoms with Gasteiger partial charge in [-0.1, -0.05) is 12.1 Å². The second-order valence-corrected chi connectivity index (χ2v) is 5.62. The highest BCUT2D eigenvalue weighted by Crippen LogP contribution is 2.22. The summed E-state index contributed by atoms with van der Waals surface area (Å²) in [7, 11) is 2.10. The Morgan fingerprint density at radius 3 is 2.91 bits per heavy atom. The maximum absolute atomic E-state index is 12.3. The molecule has 4 heteroatoms. The quantitative estimate of drug-likeness (QED) is 0.925. The van der Waals surface area contributed by atoms with Crippen molar-refractivity contribution in [1.29, 1.82) is 5.26 Å². The van der Waals surface area contributed by atoms with Gasteiger partial charge in [-0.25, -0.2) is 0 Å². The fourth-order valence-corrected chi connectivity index (χ4v) is 2.71. The van der Waals surface area contributed by atoms with Crippen LogP contribution in [0, 0.1) is 11.3 Å². The zero-order valence-electron chi connectivity index (χ0n) is 12.5. The van der Waals surface area contributed by atoms with E-state index in [1.165, 1.54) is 11.1 Å². The van der Waals surface area contributed by atoms with Crippen molar-refractivity contribution >= 4 is 11.6 Å². The number of nitriles is 1. The maximum Gasteiger partial charge on any atom is 0.255 e. The predicted molar refractivity (Wildman–Crippen MR) is 85.6 cm³/mol. The van der Waals surface area contributed by atoms with Gasteiger partial charge in [0.05, 0.1) is 11.6 Å². The minimum absolute atomic E-state index is 0.193. The van der Waals surface area contributed by atoms with Gasteiger partial charge in [-0.15, -0.1) is 0 Å². The van der Waals surface area contributed by atoms with Crippen LogP contribution in [0.15, 0.2) is 42.5 Å². The summed E-state index contributed by atoms with van der Waals surface area (Å²) in [6, 6.07) is 14.8. The Morgan fingerprint density at radius 1 is 1.23 bits per heavy atom. The first-order valence-electron chi connectivity index (χ1n) is 7.27. The highest BCUT2D eigenvalue weighted by atomic mass is 16.1. The number of nitrogens with zero attached hydrogens (tertiary/aromatic N) is 2. The highest BCUT2D eigenvalue weighted by Gasteiger charge is 2.14. The zero-order valence-corrected chi connectivity index (χ0v) is 12.5. The largest absolute Gasteiger partial charge is 0.322 e. The summed E-state index contributed by atoms with van der Waals surface area (Å²) in [5.41, 5.74) is 4.38. The van der Waals surface area contributed by atoms with Gasteiger partial charge < -0.3 is 10.2 Å². The van der Waals surface area contributed by atoms with Crippen LogP contribution in [-0.2, 0) is 13.0 Å². The Morgan fingerprint density at radius 2 is 2.09 bits per heavy atom. The van der Waals surface area contributed by atoms with Crippen LogP contribution in [0.25, 0.3) is 0 Å². The molecule has 0 fully saturated rings. The van der Waals surface area contributed by atoms with Crippen LogP contribution in [0.3, 0.4) is 0 Å². The summed E-state index contributed by atoms with van der Waals surface area (Å²) in [6.07, 6.45) is 1.05. The van der Waals surface area contributed by atoms with E-state index in [-0.39, 0.29) is 5.91 Å². The number of carbonyl (C=O) groups excluding carboxylic acids is 1. The van der Waals surface area contributed by atoms with E-state index >= 15 is 0 Å². The number of amides is 1. The molecule has 1 heterocycles. The molecule has 1 aliphatic rings. The Bertz CT molecular complexity index is 761. The van der Waals surface area contributed by atoms with Gasteiger partial charge in [-0.2, -0.15) is 5.26 Å². The molecule has 0 saturated heterocycles. The van der Waals surface area contributed by atoms with Crippen molar-refractivity contribution < 1.29 is 4.79 Å². The van der Waals surface area contributed by atoms with Gasteiger partial charge in [0, 0.05) is 24.3 Å². The Balaban J connectivity index is 1.79. The van der Waals surface area contributed by atoms with E-state index in [0.29, 0.717) is 11.1 Å². The molecular weight excluding hydrogens is 274 g/mol. The molecule has 0 spiro atoms. The fraction of sp³-hybridized carbons (Fsp3) is 0.222. The molecule has 3 rings (SSSR count). The smallest absolute Gasteiger partial charge is 0.255 e. The van der Waals surface area contributed by atoms with Crippen molar-refractivity contribution in [2.45, 2.75) is 13.0 Å². The van der Waals surface area contributed by atoms with Crippen LogP contribution in [0.1, 0.15) is 27.0 Å². The maximum atomic E-state index is 12.3. The van der Waals surface area contributed by atoms with Crippen molar-refractivity contribution in [3.8, 4) is 6.07 Å². The highest BCUT2D eigenvalue weighted by molar-refractivity contribution is 6.04. The summed E-state index contributed by atoms with van der Waals surface area (Å²) < 4.78 is 0. The lowest BCUT2D eigenvalue weighted by molar-refractivity contribution is 0.102.